The van der Waals surface area contributed by atoms with Crippen molar-refractivity contribution in [1.29, 1.82) is 0 Å². The molecular weight excluding hydrogens is 555 g/mol. The minimum absolute atomic E-state index is 0.0253. The summed E-state index contributed by atoms with van der Waals surface area (Å²) in [5, 5.41) is 3.06. The highest BCUT2D eigenvalue weighted by Crippen LogP contribution is 2.31. The van der Waals surface area contributed by atoms with Gasteiger partial charge in [-0.25, -0.2) is 24.7 Å². The van der Waals surface area contributed by atoms with Gasteiger partial charge in [0.2, 0.25) is 11.9 Å². The number of anilines is 2. The largest absolute Gasteiger partial charge is 0.522 e. The quantitative estimate of drug-likeness (QED) is 0.363. The van der Waals surface area contributed by atoms with Gasteiger partial charge in [-0.2, -0.15) is 0 Å². The molecule has 212 valence electrons. The Balaban J connectivity index is 1.30. The standard InChI is InChI=1S/C23H24F3N9O4S/c1-11(35-10-29-17-16(35)19(37)33(4)22(38)32(17)3)18(36)31-21-30-15(12(2)40-21)13-7-27-20(28-8-13)34-6-5-14(9-34)39-23(24,25)26/h7-8,10-11,14H,5-6,9H2,1-4H3,(H,30,31,36)/t11-,14-/m0/s1. The number of halogens is 3. The maximum absolute atomic E-state index is 13.1. The molecule has 1 aliphatic rings. The van der Waals surface area contributed by atoms with Gasteiger partial charge in [-0.05, 0) is 20.3 Å². The van der Waals surface area contributed by atoms with Crippen molar-refractivity contribution in [3.63, 3.8) is 0 Å². The smallest absolute Gasteiger partial charge is 0.338 e. The monoisotopic (exact) mass is 579 g/mol. The van der Waals surface area contributed by atoms with Crippen molar-refractivity contribution in [2.24, 2.45) is 14.1 Å². The maximum Gasteiger partial charge on any atom is 0.522 e. The highest BCUT2D eigenvalue weighted by molar-refractivity contribution is 7.16. The lowest BCUT2D eigenvalue weighted by molar-refractivity contribution is -0.339. The molecule has 5 heterocycles. The van der Waals surface area contributed by atoms with Crippen molar-refractivity contribution in [1.82, 2.24) is 33.6 Å². The molecule has 1 N–H and O–H groups in total. The van der Waals surface area contributed by atoms with Gasteiger partial charge in [0, 0.05) is 50.0 Å². The molecule has 0 radical (unpaired) electrons. The number of hydrogen-bond donors (Lipinski definition) is 1. The summed E-state index contributed by atoms with van der Waals surface area (Å²) in [6.07, 6.45) is -1.08. The van der Waals surface area contributed by atoms with Gasteiger partial charge in [0.05, 0.1) is 18.1 Å². The molecule has 1 saturated heterocycles. The number of imidazole rings is 1. The molecular formula is C23H24F3N9O4S. The number of fused-ring (bicyclic) bond motifs is 1. The Kier molecular flexibility index (Phi) is 6.95. The molecule has 13 nitrogen and oxygen atoms in total. The SMILES string of the molecule is Cc1sc(NC(=O)[C@H](C)n2cnc3c2c(=O)n(C)c(=O)n3C)nc1-c1cnc(N2CC[C@H](OC(F)(F)F)C2)nc1. The minimum atomic E-state index is -4.69. The van der Waals surface area contributed by atoms with Gasteiger partial charge in [-0.15, -0.1) is 24.5 Å². The van der Waals surface area contributed by atoms with Crippen LogP contribution in [0, 0.1) is 6.92 Å². The lowest BCUT2D eigenvalue weighted by Gasteiger charge is -2.17. The molecule has 0 bridgehead atoms. The molecule has 2 atom stereocenters. The lowest BCUT2D eigenvalue weighted by atomic mass is 10.2. The third kappa shape index (κ3) is 5.08. The van der Waals surface area contributed by atoms with Crippen molar-refractivity contribution in [2.45, 2.75) is 38.8 Å². The van der Waals surface area contributed by atoms with Gasteiger partial charge in [-0.1, -0.05) is 0 Å². The van der Waals surface area contributed by atoms with Gasteiger partial charge < -0.3 is 14.8 Å². The van der Waals surface area contributed by atoms with Gasteiger partial charge in [0.15, 0.2) is 16.3 Å². The zero-order valence-electron chi connectivity index (χ0n) is 21.8. The van der Waals surface area contributed by atoms with E-state index in [2.05, 4.69) is 30.0 Å². The van der Waals surface area contributed by atoms with Crippen LogP contribution in [0.1, 0.15) is 24.3 Å². The van der Waals surface area contributed by atoms with E-state index in [0.29, 0.717) is 22.9 Å². The van der Waals surface area contributed by atoms with Crippen LogP contribution in [0.25, 0.3) is 22.4 Å². The first-order valence-corrected chi connectivity index (χ1v) is 12.9. The topological polar surface area (TPSA) is 142 Å². The van der Waals surface area contributed by atoms with Gasteiger partial charge in [-0.3, -0.25) is 23.5 Å². The summed E-state index contributed by atoms with van der Waals surface area (Å²) in [4.78, 5) is 57.6. The lowest BCUT2D eigenvalue weighted by Crippen LogP contribution is -2.38. The first-order chi connectivity index (χ1) is 18.8. The average Bonchev–Trinajstić information content (AvgIpc) is 3.63. The normalized spacial score (nSPS) is 16.6. The van der Waals surface area contributed by atoms with E-state index in [-0.39, 0.29) is 30.1 Å². The first kappa shape index (κ1) is 27.4. The maximum atomic E-state index is 13.1. The Morgan fingerprint density at radius 2 is 1.88 bits per heavy atom. The summed E-state index contributed by atoms with van der Waals surface area (Å²) in [6, 6.07) is -0.851. The molecule has 0 aliphatic carbocycles. The molecule has 40 heavy (non-hydrogen) atoms. The number of alkyl halides is 3. The number of aromatic nitrogens is 7. The Morgan fingerprint density at radius 3 is 2.55 bits per heavy atom. The number of nitrogens with one attached hydrogen (secondary N) is 1. The van der Waals surface area contributed by atoms with Crippen molar-refractivity contribution in [2.75, 3.05) is 23.3 Å². The molecule has 0 aromatic carbocycles. The van der Waals surface area contributed by atoms with Crippen LogP contribution in [0.5, 0.6) is 0 Å². The highest BCUT2D eigenvalue weighted by Gasteiger charge is 2.37. The molecule has 4 aromatic rings. The predicted molar refractivity (Wildman–Crippen MR) is 139 cm³/mol. The van der Waals surface area contributed by atoms with E-state index < -0.39 is 35.7 Å². The van der Waals surface area contributed by atoms with Crippen molar-refractivity contribution >= 4 is 39.5 Å². The number of hydrogen-bond acceptors (Lipinski definition) is 10. The number of rotatable bonds is 6. The van der Waals surface area contributed by atoms with Crippen LogP contribution < -0.4 is 21.5 Å². The molecule has 17 heteroatoms. The second-order valence-corrected chi connectivity index (χ2v) is 10.5. The van der Waals surface area contributed by atoms with Gasteiger partial charge >= 0.3 is 12.1 Å². The number of amides is 1. The molecule has 0 spiro atoms. The van der Waals surface area contributed by atoms with E-state index in [1.807, 2.05) is 6.92 Å². The Bertz CT molecular complexity index is 1710. The zero-order chi connectivity index (χ0) is 28.9. The summed E-state index contributed by atoms with van der Waals surface area (Å²) in [5.41, 5.74) is 0.302. The van der Waals surface area contributed by atoms with Gasteiger partial charge in [0.25, 0.3) is 5.56 Å². The van der Waals surface area contributed by atoms with Crippen molar-refractivity contribution < 1.29 is 22.7 Å². The molecule has 1 aliphatic heterocycles. The molecule has 1 amide bonds. The zero-order valence-corrected chi connectivity index (χ0v) is 22.6. The van der Waals surface area contributed by atoms with E-state index in [4.69, 9.17) is 0 Å². The summed E-state index contributed by atoms with van der Waals surface area (Å²) in [7, 11) is 2.85. The number of carbonyl (C=O) groups is 1. The third-order valence-electron chi connectivity index (χ3n) is 6.64. The number of ether oxygens (including phenoxy) is 1. The second-order valence-electron chi connectivity index (χ2n) is 9.31. The van der Waals surface area contributed by atoms with Crippen LogP contribution in [0.15, 0.2) is 28.3 Å². The Morgan fingerprint density at radius 1 is 1.18 bits per heavy atom. The fourth-order valence-corrected chi connectivity index (χ4v) is 5.35. The summed E-state index contributed by atoms with van der Waals surface area (Å²) in [6.45, 7) is 3.76. The highest BCUT2D eigenvalue weighted by atomic mass is 32.1. The van der Waals surface area contributed by atoms with Crippen LogP contribution in [-0.2, 0) is 23.6 Å². The second kappa shape index (κ2) is 10.1. The van der Waals surface area contributed by atoms with Crippen molar-refractivity contribution in [3.8, 4) is 11.3 Å². The van der Waals surface area contributed by atoms with E-state index >= 15 is 0 Å². The van der Waals surface area contributed by atoms with Crippen LogP contribution in [-0.4, -0.2) is 65.1 Å². The minimum Gasteiger partial charge on any atom is -0.338 e. The van der Waals surface area contributed by atoms with Crippen LogP contribution in [0.3, 0.4) is 0 Å². The fraction of sp³-hybridized carbons (Fsp3) is 0.435. The molecule has 0 unspecified atom stereocenters. The first-order valence-electron chi connectivity index (χ1n) is 12.1. The van der Waals surface area contributed by atoms with Crippen LogP contribution in [0.2, 0.25) is 0 Å². The van der Waals surface area contributed by atoms with Crippen LogP contribution in [0.4, 0.5) is 24.3 Å². The number of carbonyl (C=O) groups excluding carboxylic acids is 1. The third-order valence-corrected chi connectivity index (χ3v) is 7.52. The fourth-order valence-electron chi connectivity index (χ4n) is 4.51. The molecule has 5 rings (SSSR count). The van der Waals surface area contributed by atoms with E-state index in [9.17, 15) is 27.6 Å². The van der Waals surface area contributed by atoms with Crippen molar-refractivity contribution in [3.05, 3.63) is 44.4 Å². The molecule has 4 aromatic heterocycles. The van der Waals surface area contributed by atoms with E-state index in [1.165, 1.54) is 53.3 Å². The Labute approximate surface area is 227 Å². The summed E-state index contributed by atoms with van der Waals surface area (Å²) in [5.74, 6) is -0.171. The number of thiazole rings is 1. The Hall–Kier alpha value is -4.12. The van der Waals surface area contributed by atoms with E-state index in [1.54, 1.807) is 11.8 Å². The van der Waals surface area contributed by atoms with Gasteiger partial charge in [0.1, 0.15) is 6.04 Å². The summed E-state index contributed by atoms with van der Waals surface area (Å²) >= 11 is 1.23. The number of nitrogens with zero attached hydrogens (tertiary/aromatic N) is 8. The number of aryl methyl sites for hydroxylation is 2. The average molecular weight is 580 g/mol. The van der Waals surface area contributed by atoms with Crippen LogP contribution >= 0.6 is 11.3 Å². The predicted octanol–water partition coefficient (Wildman–Crippen LogP) is 1.97. The molecule has 1 fully saturated rings. The summed E-state index contributed by atoms with van der Waals surface area (Å²) < 4.78 is 45.2. The van der Waals surface area contributed by atoms with E-state index in [0.717, 1.165) is 9.44 Å². The molecule has 0 saturated carbocycles.